The van der Waals surface area contributed by atoms with E-state index in [9.17, 15) is 9.59 Å². The predicted molar refractivity (Wildman–Crippen MR) is 160 cm³/mol. The van der Waals surface area contributed by atoms with E-state index in [1.807, 2.05) is 48.5 Å². The number of rotatable bonds is 11. The molecule has 0 unspecified atom stereocenters. The number of methoxy groups -OCH3 is 3. The maximum Gasteiger partial charge on any atom is 0.307 e. The number of hydrogen-bond acceptors (Lipinski definition) is 7. The minimum atomic E-state index is -0.376. The molecule has 1 aromatic heterocycles. The van der Waals surface area contributed by atoms with Crippen molar-refractivity contribution in [1.82, 2.24) is 14.9 Å². The molecular formula is C29H34Cl2N4O5. The van der Waals surface area contributed by atoms with Crippen LogP contribution in [-0.2, 0) is 29.0 Å². The van der Waals surface area contributed by atoms with Gasteiger partial charge < -0.3 is 29.8 Å². The number of carbonyl (C=O) groups excluding carboxylic acids is 2. The lowest BCUT2D eigenvalue weighted by Gasteiger charge is -2.12. The summed E-state index contributed by atoms with van der Waals surface area (Å²) in [7, 11) is 4.56. The Hall–Kier alpha value is -3.79. The third-order valence-electron chi connectivity index (χ3n) is 6.37. The number of aromatic nitrogens is 2. The van der Waals surface area contributed by atoms with E-state index in [1.54, 1.807) is 26.4 Å². The minimum absolute atomic E-state index is 0. The second-order valence-corrected chi connectivity index (χ2v) is 8.71. The van der Waals surface area contributed by atoms with E-state index in [-0.39, 0.29) is 49.7 Å². The molecule has 9 nitrogen and oxygen atoms in total. The third kappa shape index (κ3) is 7.44. The fourth-order valence-corrected chi connectivity index (χ4v) is 4.27. The Kier molecular flexibility index (Phi) is 12.3. The van der Waals surface area contributed by atoms with E-state index in [0.29, 0.717) is 35.7 Å². The van der Waals surface area contributed by atoms with Crippen LogP contribution in [0.3, 0.4) is 0 Å². The highest BCUT2D eigenvalue weighted by atomic mass is 35.5. The van der Waals surface area contributed by atoms with Crippen LogP contribution in [0.5, 0.6) is 11.5 Å². The summed E-state index contributed by atoms with van der Waals surface area (Å²) in [6.45, 7) is 1.32. The summed E-state index contributed by atoms with van der Waals surface area (Å²) in [5.41, 5.74) is 11.0. The average Bonchev–Trinajstić information content (AvgIpc) is 3.33. The first-order valence-corrected chi connectivity index (χ1v) is 12.3. The van der Waals surface area contributed by atoms with Gasteiger partial charge in [-0.2, -0.15) is 0 Å². The molecule has 0 saturated carbocycles. The molecule has 0 bridgehead atoms. The van der Waals surface area contributed by atoms with Crippen molar-refractivity contribution >= 4 is 47.7 Å². The molecule has 0 aliphatic rings. The van der Waals surface area contributed by atoms with Crippen LogP contribution in [0, 0.1) is 0 Å². The number of ether oxygens (including phenoxy) is 3. The van der Waals surface area contributed by atoms with E-state index >= 15 is 0 Å². The van der Waals surface area contributed by atoms with Crippen molar-refractivity contribution in [1.29, 1.82) is 0 Å². The molecule has 0 aliphatic heterocycles. The number of benzene rings is 3. The molecule has 3 aromatic carbocycles. The first-order valence-electron chi connectivity index (χ1n) is 12.3. The Morgan fingerprint density at radius 1 is 0.900 bits per heavy atom. The first-order chi connectivity index (χ1) is 18.5. The SMILES string of the molecule is COC(=O)CCNC(=O)c1ccc2c(c1)nc(-c1ccc(CN)cc1)n2CCc1ccc(OC)c(OC)c1.Cl.Cl. The molecule has 0 radical (unpaired) electrons. The van der Waals surface area contributed by atoms with Crippen molar-refractivity contribution < 1.29 is 23.8 Å². The largest absolute Gasteiger partial charge is 0.493 e. The van der Waals surface area contributed by atoms with Crippen molar-refractivity contribution in [2.24, 2.45) is 5.73 Å². The highest BCUT2D eigenvalue weighted by molar-refractivity contribution is 5.98. The van der Waals surface area contributed by atoms with Crippen LogP contribution in [0.1, 0.15) is 27.9 Å². The highest BCUT2D eigenvalue weighted by Gasteiger charge is 2.16. The van der Waals surface area contributed by atoms with E-state index in [2.05, 4.69) is 14.6 Å². The number of fused-ring (bicyclic) bond motifs is 1. The van der Waals surface area contributed by atoms with Gasteiger partial charge in [0.25, 0.3) is 5.91 Å². The summed E-state index contributed by atoms with van der Waals surface area (Å²) in [6.07, 6.45) is 0.841. The van der Waals surface area contributed by atoms with Crippen molar-refractivity contribution in [2.75, 3.05) is 27.9 Å². The lowest BCUT2D eigenvalue weighted by atomic mass is 10.1. The van der Waals surface area contributed by atoms with Gasteiger partial charge in [0.1, 0.15) is 5.82 Å². The minimum Gasteiger partial charge on any atom is -0.493 e. The number of imidazole rings is 1. The standard InChI is InChI=1S/C29H32N4O5.2ClH/c1-36-25-11-6-19(16-26(25)37-2)13-15-33-24-10-9-22(29(35)31-14-12-27(34)38-3)17-23(24)32-28(33)21-7-4-20(18-30)5-8-21;;/h4-11,16-17H,12-15,18,30H2,1-3H3,(H,31,35);2*1H. The van der Waals surface area contributed by atoms with Crippen LogP contribution in [0.15, 0.2) is 60.7 Å². The van der Waals surface area contributed by atoms with Crippen LogP contribution >= 0.6 is 24.8 Å². The summed E-state index contributed by atoms with van der Waals surface area (Å²) < 4.78 is 17.6. The molecule has 1 heterocycles. The molecule has 0 saturated heterocycles. The second kappa shape index (κ2) is 15.1. The fourth-order valence-electron chi connectivity index (χ4n) is 4.27. The number of nitrogens with one attached hydrogen (secondary N) is 1. The van der Waals surface area contributed by atoms with Crippen LogP contribution in [0.2, 0.25) is 0 Å². The number of esters is 1. The van der Waals surface area contributed by atoms with E-state index in [0.717, 1.165) is 34.5 Å². The van der Waals surface area contributed by atoms with Gasteiger partial charge in [0.2, 0.25) is 0 Å². The van der Waals surface area contributed by atoms with Gasteiger partial charge in [-0.3, -0.25) is 9.59 Å². The molecule has 3 N–H and O–H groups in total. The van der Waals surface area contributed by atoms with Gasteiger partial charge in [-0.15, -0.1) is 24.8 Å². The third-order valence-corrected chi connectivity index (χ3v) is 6.37. The number of aryl methyl sites for hydroxylation is 2. The lowest BCUT2D eigenvalue weighted by Crippen LogP contribution is -2.26. The second-order valence-electron chi connectivity index (χ2n) is 8.71. The zero-order valence-corrected chi connectivity index (χ0v) is 24.3. The number of amides is 1. The fraction of sp³-hybridized carbons (Fsp3) is 0.276. The molecule has 0 atom stereocenters. The van der Waals surface area contributed by atoms with Crippen molar-refractivity contribution in [3.8, 4) is 22.9 Å². The van der Waals surface area contributed by atoms with E-state index in [4.69, 9.17) is 20.2 Å². The predicted octanol–water partition coefficient (Wildman–Crippen LogP) is 4.56. The van der Waals surface area contributed by atoms with Crippen molar-refractivity contribution in [3.05, 3.63) is 77.4 Å². The summed E-state index contributed by atoms with van der Waals surface area (Å²) >= 11 is 0. The quantitative estimate of drug-likeness (QED) is 0.247. The molecular weight excluding hydrogens is 555 g/mol. The molecule has 1 amide bonds. The van der Waals surface area contributed by atoms with Gasteiger partial charge in [0.05, 0.1) is 38.8 Å². The number of halogens is 2. The topological polar surface area (TPSA) is 118 Å². The molecule has 40 heavy (non-hydrogen) atoms. The van der Waals surface area contributed by atoms with Crippen LogP contribution in [-0.4, -0.2) is 49.3 Å². The zero-order valence-electron chi connectivity index (χ0n) is 22.6. The summed E-state index contributed by atoms with van der Waals surface area (Å²) in [4.78, 5) is 28.9. The zero-order chi connectivity index (χ0) is 27.1. The Labute approximate surface area is 245 Å². The van der Waals surface area contributed by atoms with Crippen LogP contribution in [0.25, 0.3) is 22.4 Å². The first kappa shape index (κ1) is 32.4. The molecule has 11 heteroatoms. The van der Waals surface area contributed by atoms with Crippen molar-refractivity contribution in [3.63, 3.8) is 0 Å². The molecule has 0 fully saturated rings. The molecule has 0 aliphatic carbocycles. The van der Waals surface area contributed by atoms with Gasteiger partial charge in [0.15, 0.2) is 11.5 Å². The summed E-state index contributed by atoms with van der Waals surface area (Å²) in [6, 6.07) is 19.4. The molecule has 0 spiro atoms. The Morgan fingerprint density at radius 2 is 1.60 bits per heavy atom. The maximum absolute atomic E-state index is 12.7. The van der Waals surface area contributed by atoms with Gasteiger partial charge in [-0.25, -0.2) is 4.98 Å². The number of hydrogen-bond donors (Lipinski definition) is 2. The van der Waals surface area contributed by atoms with Gasteiger partial charge >= 0.3 is 5.97 Å². The highest BCUT2D eigenvalue weighted by Crippen LogP contribution is 2.30. The average molecular weight is 590 g/mol. The van der Waals surface area contributed by atoms with Crippen molar-refractivity contribution in [2.45, 2.75) is 25.9 Å². The van der Waals surface area contributed by atoms with E-state index < -0.39 is 0 Å². The smallest absolute Gasteiger partial charge is 0.307 e. The van der Waals surface area contributed by atoms with Crippen LogP contribution < -0.4 is 20.5 Å². The van der Waals surface area contributed by atoms with Gasteiger partial charge in [0, 0.05) is 30.8 Å². The summed E-state index contributed by atoms with van der Waals surface area (Å²) in [5.74, 6) is 1.51. The summed E-state index contributed by atoms with van der Waals surface area (Å²) in [5, 5.41) is 2.75. The normalized spacial score (nSPS) is 10.3. The van der Waals surface area contributed by atoms with Gasteiger partial charge in [-0.1, -0.05) is 30.3 Å². The Bertz CT molecular complexity index is 1440. The molecule has 4 rings (SSSR count). The molecule has 214 valence electrons. The number of nitrogens with two attached hydrogens (primary N) is 1. The van der Waals surface area contributed by atoms with Crippen LogP contribution in [0.4, 0.5) is 0 Å². The van der Waals surface area contributed by atoms with E-state index in [1.165, 1.54) is 7.11 Å². The number of carbonyl (C=O) groups is 2. The Balaban J connectivity index is 0.00000280. The van der Waals surface area contributed by atoms with Gasteiger partial charge in [-0.05, 0) is 47.9 Å². The number of nitrogens with zero attached hydrogens (tertiary/aromatic N) is 2. The lowest BCUT2D eigenvalue weighted by molar-refractivity contribution is -0.140. The Morgan fingerprint density at radius 3 is 2.25 bits per heavy atom. The maximum atomic E-state index is 12.7. The molecule has 4 aromatic rings. The monoisotopic (exact) mass is 588 g/mol.